The van der Waals surface area contributed by atoms with Gasteiger partial charge in [0.05, 0.1) is 6.61 Å². The molecule has 0 aliphatic carbocycles. The van der Waals surface area contributed by atoms with Crippen LogP contribution in [0.25, 0.3) is 6.08 Å². The first-order valence-corrected chi connectivity index (χ1v) is 5.73. The van der Waals surface area contributed by atoms with Crippen LogP contribution in [0.15, 0.2) is 43.0 Å². The predicted octanol–water partition coefficient (Wildman–Crippen LogP) is 3.38. The van der Waals surface area contributed by atoms with E-state index >= 15 is 0 Å². The van der Waals surface area contributed by atoms with Crippen molar-refractivity contribution >= 4 is 12.0 Å². The van der Waals surface area contributed by atoms with Gasteiger partial charge in [-0.3, -0.25) is 0 Å². The number of esters is 1. The largest absolute Gasteiger partial charge is 0.462 e. The Morgan fingerprint density at radius 3 is 2.53 bits per heavy atom. The molecule has 0 fully saturated rings. The van der Waals surface area contributed by atoms with Crippen molar-refractivity contribution in [2.45, 2.75) is 19.8 Å². The molecule has 0 bridgehead atoms. The van der Waals surface area contributed by atoms with Crippen molar-refractivity contribution in [1.29, 1.82) is 0 Å². The third kappa shape index (κ3) is 4.27. The average Bonchev–Trinajstić information content (AvgIpc) is 2.36. The summed E-state index contributed by atoms with van der Waals surface area (Å²) < 4.78 is 5.02. The lowest BCUT2D eigenvalue weighted by Crippen LogP contribution is -2.09. The van der Waals surface area contributed by atoms with Gasteiger partial charge < -0.3 is 4.74 Å². The zero-order valence-electron chi connectivity index (χ0n) is 10.2. The van der Waals surface area contributed by atoms with Crippen LogP contribution in [0.3, 0.4) is 0 Å². The van der Waals surface area contributed by atoms with Crippen molar-refractivity contribution in [3.8, 4) is 0 Å². The molecule has 0 unspecified atom stereocenters. The van der Waals surface area contributed by atoms with Crippen LogP contribution in [0.4, 0.5) is 0 Å². The molecule has 0 heterocycles. The first kappa shape index (κ1) is 13.2. The van der Waals surface area contributed by atoms with E-state index in [9.17, 15) is 4.79 Å². The highest BCUT2D eigenvalue weighted by Crippen LogP contribution is 2.10. The zero-order valence-corrected chi connectivity index (χ0v) is 10.2. The normalized spacial score (nSPS) is 9.71. The fraction of sp³-hybridized carbons (Fsp3) is 0.267. The van der Waals surface area contributed by atoms with Crippen molar-refractivity contribution in [3.63, 3.8) is 0 Å². The second-order valence-corrected chi connectivity index (χ2v) is 3.86. The molecule has 0 spiro atoms. The van der Waals surface area contributed by atoms with Gasteiger partial charge in [-0.2, -0.15) is 0 Å². The van der Waals surface area contributed by atoms with Crippen LogP contribution < -0.4 is 0 Å². The van der Waals surface area contributed by atoms with Crippen LogP contribution in [-0.2, 0) is 16.0 Å². The summed E-state index contributed by atoms with van der Waals surface area (Å²) in [7, 11) is 0. The molecule has 0 N–H and O–H groups in total. The fourth-order valence-electron chi connectivity index (χ4n) is 1.39. The van der Waals surface area contributed by atoms with E-state index in [0.717, 1.165) is 17.5 Å². The zero-order chi connectivity index (χ0) is 12.7. The van der Waals surface area contributed by atoms with Crippen molar-refractivity contribution < 1.29 is 9.53 Å². The van der Waals surface area contributed by atoms with Crippen LogP contribution in [0.1, 0.15) is 24.5 Å². The summed E-state index contributed by atoms with van der Waals surface area (Å²) in [5.41, 5.74) is 2.60. The molecule has 17 heavy (non-hydrogen) atoms. The molecule has 0 saturated heterocycles. The maximum atomic E-state index is 11.5. The van der Waals surface area contributed by atoms with E-state index in [-0.39, 0.29) is 5.97 Å². The van der Waals surface area contributed by atoms with Gasteiger partial charge in [-0.05, 0) is 17.5 Å². The van der Waals surface area contributed by atoms with Gasteiger partial charge in [0.15, 0.2) is 0 Å². The lowest BCUT2D eigenvalue weighted by molar-refractivity contribution is -0.139. The maximum Gasteiger partial charge on any atom is 0.333 e. The number of benzene rings is 1. The van der Waals surface area contributed by atoms with E-state index in [1.807, 2.05) is 31.2 Å². The molecule has 0 aromatic heterocycles. The SMILES string of the molecule is C=Cc1ccc(CC(=C)C(=O)OCCC)cc1. The Kier molecular flexibility index (Phi) is 5.21. The Balaban J connectivity index is 2.55. The molecule has 2 heteroatoms. The highest BCUT2D eigenvalue weighted by atomic mass is 16.5. The van der Waals surface area contributed by atoms with Crippen molar-refractivity contribution in [2.75, 3.05) is 6.61 Å². The van der Waals surface area contributed by atoms with Crippen LogP contribution in [0, 0.1) is 0 Å². The van der Waals surface area contributed by atoms with Crippen LogP contribution in [0.2, 0.25) is 0 Å². The first-order chi connectivity index (χ1) is 8.17. The molecule has 2 nitrogen and oxygen atoms in total. The summed E-state index contributed by atoms with van der Waals surface area (Å²) in [6.45, 7) is 9.86. The van der Waals surface area contributed by atoms with E-state index in [2.05, 4.69) is 13.2 Å². The minimum atomic E-state index is -0.306. The molecule has 0 atom stereocenters. The van der Waals surface area contributed by atoms with Gasteiger partial charge in [0, 0.05) is 12.0 Å². The molecular weight excluding hydrogens is 212 g/mol. The monoisotopic (exact) mass is 230 g/mol. The Hall–Kier alpha value is -1.83. The predicted molar refractivity (Wildman–Crippen MR) is 70.6 cm³/mol. The summed E-state index contributed by atoms with van der Waals surface area (Å²) >= 11 is 0. The van der Waals surface area contributed by atoms with E-state index in [0.29, 0.717) is 18.6 Å². The standard InChI is InChI=1S/C15H18O2/c1-4-10-17-15(16)12(3)11-14-8-6-13(5-2)7-9-14/h5-9H,2-4,10-11H2,1H3. The Labute approximate surface area is 103 Å². The average molecular weight is 230 g/mol. The van der Waals surface area contributed by atoms with Gasteiger partial charge in [0.1, 0.15) is 0 Å². The van der Waals surface area contributed by atoms with Gasteiger partial charge in [-0.1, -0.05) is 50.4 Å². The molecule has 0 aliphatic rings. The summed E-state index contributed by atoms with van der Waals surface area (Å²) in [5.74, 6) is -0.306. The number of carbonyl (C=O) groups excluding carboxylic acids is 1. The lowest BCUT2D eigenvalue weighted by Gasteiger charge is -2.06. The second kappa shape index (κ2) is 6.69. The Bertz CT molecular complexity index is 401. The molecular formula is C15H18O2. The molecule has 0 amide bonds. The van der Waals surface area contributed by atoms with E-state index < -0.39 is 0 Å². The number of hydrogen-bond donors (Lipinski definition) is 0. The van der Waals surface area contributed by atoms with Crippen molar-refractivity contribution in [1.82, 2.24) is 0 Å². The van der Waals surface area contributed by atoms with Gasteiger partial charge in [0.2, 0.25) is 0 Å². The topological polar surface area (TPSA) is 26.3 Å². The van der Waals surface area contributed by atoms with Crippen LogP contribution in [-0.4, -0.2) is 12.6 Å². The third-order valence-corrected chi connectivity index (χ3v) is 2.36. The number of rotatable bonds is 6. The molecule has 1 aromatic rings. The second-order valence-electron chi connectivity index (χ2n) is 3.86. The van der Waals surface area contributed by atoms with E-state index in [4.69, 9.17) is 4.74 Å². The number of carbonyl (C=O) groups is 1. The minimum absolute atomic E-state index is 0.306. The molecule has 90 valence electrons. The van der Waals surface area contributed by atoms with Gasteiger partial charge >= 0.3 is 5.97 Å². The number of hydrogen-bond acceptors (Lipinski definition) is 2. The molecule has 1 rings (SSSR count). The molecule has 1 aromatic carbocycles. The van der Waals surface area contributed by atoms with E-state index in [1.54, 1.807) is 6.08 Å². The van der Waals surface area contributed by atoms with Gasteiger partial charge in [0.25, 0.3) is 0 Å². The summed E-state index contributed by atoms with van der Waals surface area (Å²) in [6, 6.07) is 7.87. The molecule has 0 saturated carbocycles. The quantitative estimate of drug-likeness (QED) is 0.553. The maximum absolute atomic E-state index is 11.5. The summed E-state index contributed by atoms with van der Waals surface area (Å²) in [6.07, 6.45) is 3.14. The lowest BCUT2D eigenvalue weighted by atomic mass is 10.0. The molecule has 0 aliphatic heterocycles. The third-order valence-electron chi connectivity index (χ3n) is 2.36. The Morgan fingerprint density at radius 2 is 2.00 bits per heavy atom. The summed E-state index contributed by atoms with van der Waals surface area (Å²) in [4.78, 5) is 11.5. The van der Waals surface area contributed by atoms with Crippen molar-refractivity contribution in [2.24, 2.45) is 0 Å². The Morgan fingerprint density at radius 1 is 1.35 bits per heavy atom. The number of ether oxygens (including phenoxy) is 1. The summed E-state index contributed by atoms with van der Waals surface area (Å²) in [5, 5.41) is 0. The first-order valence-electron chi connectivity index (χ1n) is 5.73. The van der Waals surface area contributed by atoms with Crippen molar-refractivity contribution in [3.05, 3.63) is 54.1 Å². The minimum Gasteiger partial charge on any atom is -0.462 e. The van der Waals surface area contributed by atoms with Gasteiger partial charge in [-0.25, -0.2) is 4.79 Å². The highest BCUT2D eigenvalue weighted by molar-refractivity contribution is 5.88. The smallest absolute Gasteiger partial charge is 0.333 e. The van der Waals surface area contributed by atoms with Gasteiger partial charge in [-0.15, -0.1) is 0 Å². The van der Waals surface area contributed by atoms with Crippen LogP contribution >= 0.6 is 0 Å². The fourth-order valence-corrected chi connectivity index (χ4v) is 1.39. The molecule has 0 radical (unpaired) electrons. The van der Waals surface area contributed by atoms with E-state index in [1.165, 1.54) is 0 Å². The highest BCUT2D eigenvalue weighted by Gasteiger charge is 2.08. The van der Waals surface area contributed by atoms with Crippen LogP contribution in [0.5, 0.6) is 0 Å².